The Morgan fingerprint density at radius 3 is 2.38 bits per heavy atom. The molecule has 76 valence electrons. The lowest BCUT2D eigenvalue weighted by Crippen LogP contribution is -2.41. The van der Waals surface area contributed by atoms with E-state index in [1.54, 1.807) is 0 Å². The Morgan fingerprint density at radius 2 is 1.92 bits per heavy atom. The van der Waals surface area contributed by atoms with Gasteiger partial charge in [-0.2, -0.15) is 13.2 Å². The average molecular weight is 195 g/mol. The normalized spacial score (nSPS) is 20.9. The van der Waals surface area contributed by atoms with Crippen LogP contribution >= 0.6 is 0 Å². The fourth-order valence-corrected chi connectivity index (χ4v) is 1.18. The minimum atomic E-state index is -4.51. The lowest BCUT2D eigenvalue weighted by atomic mass is 10.2. The predicted octanol–water partition coefficient (Wildman–Crippen LogP) is 1.22. The summed E-state index contributed by atoms with van der Waals surface area (Å²) in [6.07, 6.45) is -1.46. The summed E-state index contributed by atoms with van der Waals surface area (Å²) in [7, 11) is 0. The van der Waals surface area contributed by atoms with Crippen LogP contribution in [-0.4, -0.2) is 30.0 Å². The monoisotopic (exact) mass is 195 g/mol. The molecule has 0 amide bonds. The Labute approximate surface area is 74.4 Å². The van der Waals surface area contributed by atoms with Crippen molar-refractivity contribution in [3.63, 3.8) is 0 Å². The maximum Gasteiger partial charge on any atom is 0.415 e. The summed E-state index contributed by atoms with van der Waals surface area (Å²) in [6.45, 7) is -0.421. The molecule has 2 nitrogen and oxygen atoms in total. The molecule has 1 unspecified atom stereocenters. The molecule has 0 heterocycles. The van der Waals surface area contributed by atoms with Gasteiger partial charge in [-0.1, -0.05) is 12.2 Å². The molecule has 0 radical (unpaired) electrons. The molecule has 0 saturated carbocycles. The molecule has 1 aliphatic rings. The number of hydrogen-bond donors (Lipinski definition) is 2. The van der Waals surface area contributed by atoms with Gasteiger partial charge in [-0.15, -0.1) is 0 Å². The summed E-state index contributed by atoms with van der Waals surface area (Å²) < 4.78 is 35.5. The first-order valence-corrected chi connectivity index (χ1v) is 4.13. The number of aliphatic hydroxyl groups excluding tert-OH is 1. The number of hydrogen-bond acceptors (Lipinski definition) is 2. The van der Waals surface area contributed by atoms with Gasteiger partial charge in [0.25, 0.3) is 0 Å². The third-order valence-electron chi connectivity index (χ3n) is 1.99. The number of aliphatic hydroxyl groups is 1. The van der Waals surface area contributed by atoms with Gasteiger partial charge in [0, 0.05) is 12.6 Å². The largest absolute Gasteiger partial charge is 0.415 e. The van der Waals surface area contributed by atoms with Crippen LogP contribution in [-0.2, 0) is 0 Å². The first kappa shape index (κ1) is 10.5. The molecule has 2 N–H and O–H groups in total. The molecule has 1 rings (SSSR count). The molecule has 13 heavy (non-hydrogen) atoms. The highest BCUT2D eigenvalue weighted by Gasteiger charge is 2.38. The van der Waals surface area contributed by atoms with Crippen molar-refractivity contribution in [2.45, 2.75) is 31.2 Å². The van der Waals surface area contributed by atoms with Crippen molar-refractivity contribution in [3.05, 3.63) is 12.2 Å². The number of halogens is 3. The topological polar surface area (TPSA) is 32.3 Å². The van der Waals surface area contributed by atoms with E-state index in [2.05, 4.69) is 5.32 Å². The summed E-state index contributed by atoms with van der Waals surface area (Å²) in [6, 6.07) is 0.0528. The van der Waals surface area contributed by atoms with Crippen LogP contribution in [0.15, 0.2) is 12.2 Å². The van der Waals surface area contributed by atoms with Gasteiger partial charge in [0.05, 0.1) is 0 Å². The number of rotatable bonds is 3. The molecule has 0 aliphatic heterocycles. The van der Waals surface area contributed by atoms with Gasteiger partial charge in [0.1, 0.15) is 0 Å². The van der Waals surface area contributed by atoms with Crippen molar-refractivity contribution in [2.75, 3.05) is 6.54 Å². The zero-order chi connectivity index (χ0) is 9.90. The molecule has 0 saturated heterocycles. The van der Waals surface area contributed by atoms with Crippen LogP contribution in [0.1, 0.15) is 12.8 Å². The molecular weight excluding hydrogens is 183 g/mol. The van der Waals surface area contributed by atoms with Crippen LogP contribution < -0.4 is 5.32 Å². The van der Waals surface area contributed by atoms with Gasteiger partial charge in [-0.3, -0.25) is 0 Å². The molecule has 0 aromatic heterocycles. The summed E-state index contributed by atoms with van der Waals surface area (Å²) in [5.74, 6) is 0. The standard InChI is InChI=1S/C8H12F3NO/c9-8(10,11)7(13)5-12-6-3-1-2-4-6/h1-2,6-7,12-13H,3-5H2. The maximum absolute atomic E-state index is 11.8. The second-order valence-electron chi connectivity index (χ2n) is 3.11. The highest BCUT2D eigenvalue weighted by atomic mass is 19.4. The van der Waals surface area contributed by atoms with Crippen molar-refractivity contribution in [1.82, 2.24) is 5.32 Å². The van der Waals surface area contributed by atoms with E-state index in [1.807, 2.05) is 12.2 Å². The van der Waals surface area contributed by atoms with Crippen LogP contribution in [0.2, 0.25) is 0 Å². The Morgan fingerprint density at radius 1 is 1.38 bits per heavy atom. The van der Waals surface area contributed by atoms with Crippen molar-refractivity contribution in [2.24, 2.45) is 0 Å². The molecule has 0 bridgehead atoms. The Hall–Kier alpha value is -0.550. The Kier molecular flexibility index (Phi) is 3.33. The lowest BCUT2D eigenvalue weighted by molar-refractivity contribution is -0.202. The highest BCUT2D eigenvalue weighted by Crippen LogP contribution is 2.19. The zero-order valence-electron chi connectivity index (χ0n) is 7.01. The Balaban J connectivity index is 2.18. The molecule has 0 aromatic rings. The minimum absolute atomic E-state index is 0.0528. The third kappa shape index (κ3) is 3.36. The third-order valence-corrected chi connectivity index (χ3v) is 1.99. The summed E-state index contributed by atoms with van der Waals surface area (Å²) in [5, 5.41) is 11.3. The predicted molar refractivity (Wildman–Crippen MR) is 42.2 cm³/mol. The molecular formula is C8H12F3NO. The zero-order valence-corrected chi connectivity index (χ0v) is 7.01. The van der Waals surface area contributed by atoms with Gasteiger partial charge in [-0.25, -0.2) is 0 Å². The van der Waals surface area contributed by atoms with Crippen molar-refractivity contribution in [3.8, 4) is 0 Å². The van der Waals surface area contributed by atoms with Crippen LogP contribution in [0.5, 0.6) is 0 Å². The smallest absolute Gasteiger partial charge is 0.382 e. The SMILES string of the molecule is OC(CNC1CC=CC1)C(F)(F)F. The van der Waals surface area contributed by atoms with Crippen molar-refractivity contribution < 1.29 is 18.3 Å². The summed E-state index contributed by atoms with van der Waals surface area (Å²) >= 11 is 0. The van der Waals surface area contributed by atoms with Crippen LogP contribution in [0, 0.1) is 0 Å². The van der Waals surface area contributed by atoms with E-state index in [-0.39, 0.29) is 6.04 Å². The van der Waals surface area contributed by atoms with E-state index in [0.29, 0.717) is 0 Å². The first-order valence-electron chi connectivity index (χ1n) is 4.13. The van der Waals surface area contributed by atoms with E-state index < -0.39 is 18.8 Å². The summed E-state index contributed by atoms with van der Waals surface area (Å²) in [4.78, 5) is 0. The van der Waals surface area contributed by atoms with Gasteiger partial charge < -0.3 is 10.4 Å². The van der Waals surface area contributed by atoms with Gasteiger partial charge in [0.15, 0.2) is 6.10 Å². The highest BCUT2D eigenvalue weighted by molar-refractivity contribution is 4.97. The number of nitrogens with one attached hydrogen (secondary N) is 1. The average Bonchev–Trinajstić information content (AvgIpc) is 2.50. The fourth-order valence-electron chi connectivity index (χ4n) is 1.18. The van der Waals surface area contributed by atoms with Gasteiger partial charge in [0.2, 0.25) is 0 Å². The van der Waals surface area contributed by atoms with Crippen LogP contribution in [0.3, 0.4) is 0 Å². The summed E-state index contributed by atoms with van der Waals surface area (Å²) in [5.41, 5.74) is 0. The van der Waals surface area contributed by atoms with Gasteiger partial charge >= 0.3 is 6.18 Å². The van der Waals surface area contributed by atoms with Crippen molar-refractivity contribution in [1.29, 1.82) is 0 Å². The molecule has 1 aliphatic carbocycles. The molecule has 0 fully saturated rings. The van der Waals surface area contributed by atoms with E-state index in [0.717, 1.165) is 12.8 Å². The fraction of sp³-hybridized carbons (Fsp3) is 0.750. The van der Waals surface area contributed by atoms with E-state index in [9.17, 15) is 13.2 Å². The molecule has 1 atom stereocenters. The lowest BCUT2D eigenvalue weighted by Gasteiger charge is -2.18. The minimum Gasteiger partial charge on any atom is -0.382 e. The molecule has 0 spiro atoms. The van der Waals surface area contributed by atoms with Crippen LogP contribution in [0.25, 0.3) is 0 Å². The Bertz CT molecular complexity index is 182. The first-order chi connectivity index (χ1) is 6.00. The second-order valence-corrected chi connectivity index (χ2v) is 3.11. The number of alkyl halides is 3. The van der Waals surface area contributed by atoms with E-state index >= 15 is 0 Å². The molecule has 5 heteroatoms. The maximum atomic E-state index is 11.8. The van der Waals surface area contributed by atoms with E-state index in [1.165, 1.54) is 0 Å². The van der Waals surface area contributed by atoms with E-state index in [4.69, 9.17) is 5.11 Å². The van der Waals surface area contributed by atoms with Crippen LogP contribution in [0.4, 0.5) is 13.2 Å². The van der Waals surface area contributed by atoms with Crippen molar-refractivity contribution >= 4 is 0 Å². The second kappa shape index (κ2) is 4.11. The molecule has 0 aromatic carbocycles. The quantitative estimate of drug-likeness (QED) is 0.663. The van der Waals surface area contributed by atoms with Gasteiger partial charge in [-0.05, 0) is 12.8 Å².